The van der Waals surface area contributed by atoms with Gasteiger partial charge < -0.3 is 14.7 Å². The van der Waals surface area contributed by atoms with Crippen LogP contribution in [0.5, 0.6) is 0 Å². The van der Waals surface area contributed by atoms with Crippen molar-refractivity contribution >= 4 is 15.9 Å². The molecule has 0 radical (unpaired) electrons. The van der Waals surface area contributed by atoms with Gasteiger partial charge in [0.2, 0.25) is 0 Å². The van der Waals surface area contributed by atoms with Crippen LogP contribution in [0.15, 0.2) is 0 Å². The quantitative estimate of drug-likeness (QED) is 0.789. The Hall–Kier alpha value is 0.360. The lowest BCUT2D eigenvalue weighted by Crippen LogP contribution is -2.42. The van der Waals surface area contributed by atoms with Crippen LogP contribution in [0.2, 0.25) is 0 Å². The van der Waals surface area contributed by atoms with Crippen molar-refractivity contribution in [3.05, 3.63) is 0 Å². The smallest absolute Gasteiger partial charge is 0.0679 e. The van der Waals surface area contributed by atoms with E-state index >= 15 is 0 Å². The number of hydrogen-bond acceptors (Lipinski definition) is 3. The molecule has 3 nitrogen and oxygen atoms in total. The van der Waals surface area contributed by atoms with E-state index in [0.717, 1.165) is 57.4 Å². The molecule has 0 aromatic heterocycles. The molecule has 0 aromatic carbocycles. The van der Waals surface area contributed by atoms with Crippen molar-refractivity contribution in [1.82, 2.24) is 4.90 Å². The van der Waals surface area contributed by atoms with E-state index < -0.39 is 0 Å². The molecule has 2 rings (SSSR count). The Kier molecular flexibility index (Phi) is 4.04. The predicted octanol–water partition coefficient (Wildman–Crippen LogP) is 1.24. The molecular weight excluding hydrogens is 258 g/mol. The number of alkyl halides is 1. The van der Waals surface area contributed by atoms with Gasteiger partial charge in [0.05, 0.1) is 6.10 Å². The first kappa shape index (κ1) is 11.8. The fourth-order valence-corrected chi connectivity index (χ4v) is 3.31. The molecule has 1 atom stereocenters. The van der Waals surface area contributed by atoms with Gasteiger partial charge in [-0.15, -0.1) is 0 Å². The summed E-state index contributed by atoms with van der Waals surface area (Å²) in [7, 11) is 0. The molecule has 0 amide bonds. The second-order valence-electron chi connectivity index (χ2n) is 4.92. The summed E-state index contributed by atoms with van der Waals surface area (Å²) in [6, 6.07) is 0. The largest absolute Gasteiger partial charge is 0.392 e. The summed E-state index contributed by atoms with van der Waals surface area (Å²) in [4.78, 5) is 2.40. The number of aliphatic hydroxyl groups is 1. The second kappa shape index (κ2) is 5.13. The van der Waals surface area contributed by atoms with Gasteiger partial charge in [-0.05, 0) is 24.7 Å². The highest BCUT2D eigenvalue weighted by Gasteiger charge is 2.35. The fourth-order valence-electron chi connectivity index (χ4n) is 2.57. The van der Waals surface area contributed by atoms with E-state index in [1.807, 2.05) is 0 Å². The van der Waals surface area contributed by atoms with E-state index in [2.05, 4.69) is 20.8 Å². The van der Waals surface area contributed by atoms with Crippen LogP contribution < -0.4 is 0 Å². The van der Waals surface area contributed by atoms with Crippen molar-refractivity contribution in [1.29, 1.82) is 0 Å². The maximum atomic E-state index is 9.51. The molecule has 0 saturated carbocycles. The number of β-amino-alcohol motifs (C(OH)–C–C–N with tert-alkyl or cyclic N) is 1. The van der Waals surface area contributed by atoms with Gasteiger partial charge in [0.25, 0.3) is 0 Å². The second-order valence-corrected chi connectivity index (χ2v) is 5.48. The standard InChI is InChI=1S/C11H20BrNO2/c12-8-11(2-5-15-6-3-11)9-13-4-1-10(14)7-13/h10,14H,1-9H2. The molecule has 88 valence electrons. The number of ether oxygens (including phenoxy) is 1. The predicted molar refractivity (Wildman–Crippen MR) is 63.3 cm³/mol. The topological polar surface area (TPSA) is 32.7 Å². The Labute approximate surface area is 99.9 Å². The van der Waals surface area contributed by atoms with Crippen LogP contribution in [0.1, 0.15) is 19.3 Å². The maximum Gasteiger partial charge on any atom is 0.0679 e. The van der Waals surface area contributed by atoms with E-state index in [4.69, 9.17) is 4.74 Å². The Morgan fingerprint density at radius 3 is 2.67 bits per heavy atom. The molecule has 0 spiro atoms. The molecule has 0 aromatic rings. The van der Waals surface area contributed by atoms with E-state index in [1.165, 1.54) is 0 Å². The molecule has 15 heavy (non-hydrogen) atoms. The molecule has 2 saturated heterocycles. The highest BCUT2D eigenvalue weighted by molar-refractivity contribution is 9.09. The van der Waals surface area contributed by atoms with Crippen LogP contribution >= 0.6 is 15.9 Å². The lowest BCUT2D eigenvalue weighted by atomic mass is 9.82. The molecular formula is C11H20BrNO2. The molecule has 1 N–H and O–H groups in total. The minimum Gasteiger partial charge on any atom is -0.392 e. The third kappa shape index (κ3) is 2.93. The Morgan fingerprint density at radius 2 is 2.13 bits per heavy atom. The summed E-state index contributed by atoms with van der Waals surface area (Å²) in [5.41, 5.74) is 0.377. The summed E-state index contributed by atoms with van der Waals surface area (Å²) in [6.45, 7) is 4.80. The number of rotatable bonds is 3. The van der Waals surface area contributed by atoms with Crippen LogP contribution in [-0.2, 0) is 4.74 Å². The third-order valence-corrected chi connectivity index (χ3v) is 4.83. The van der Waals surface area contributed by atoms with Crippen LogP contribution in [-0.4, -0.2) is 54.3 Å². The lowest BCUT2D eigenvalue weighted by molar-refractivity contribution is 0.0101. The summed E-state index contributed by atoms with van der Waals surface area (Å²) in [5, 5.41) is 10.6. The van der Waals surface area contributed by atoms with Gasteiger partial charge >= 0.3 is 0 Å². The number of likely N-dealkylation sites (tertiary alicyclic amines) is 1. The molecule has 0 bridgehead atoms. The number of halogens is 1. The zero-order valence-corrected chi connectivity index (χ0v) is 10.7. The Balaban J connectivity index is 1.89. The molecule has 1 unspecified atom stereocenters. The van der Waals surface area contributed by atoms with Crippen LogP contribution in [0, 0.1) is 5.41 Å². The summed E-state index contributed by atoms with van der Waals surface area (Å²) >= 11 is 3.65. The van der Waals surface area contributed by atoms with E-state index in [1.54, 1.807) is 0 Å². The van der Waals surface area contributed by atoms with Crippen LogP contribution in [0.25, 0.3) is 0 Å². The highest BCUT2D eigenvalue weighted by Crippen LogP contribution is 2.34. The number of aliphatic hydroxyl groups excluding tert-OH is 1. The van der Waals surface area contributed by atoms with Crippen molar-refractivity contribution in [2.24, 2.45) is 5.41 Å². The third-order valence-electron chi connectivity index (χ3n) is 3.64. The summed E-state index contributed by atoms with van der Waals surface area (Å²) in [6.07, 6.45) is 3.13. The van der Waals surface area contributed by atoms with Crippen molar-refractivity contribution in [2.75, 3.05) is 38.2 Å². The van der Waals surface area contributed by atoms with E-state index in [0.29, 0.717) is 5.41 Å². The Morgan fingerprint density at radius 1 is 1.40 bits per heavy atom. The van der Waals surface area contributed by atoms with Gasteiger partial charge in [-0.2, -0.15) is 0 Å². The number of hydrogen-bond donors (Lipinski definition) is 1. The van der Waals surface area contributed by atoms with Gasteiger partial charge in [-0.25, -0.2) is 0 Å². The van der Waals surface area contributed by atoms with Gasteiger partial charge in [0.1, 0.15) is 0 Å². The highest BCUT2D eigenvalue weighted by atomic mass is 79.9. The monoisotopic (exact) mass is 277 g/mol. The van der Waals surface area contributed by atoms with Crippen LogP contribution in [0.4, 0.5) is 0 Å². The van der Waals surface area contributed by atoms with Crippen LogP contribution in [0.3, 0.4) is 0 Å². The van der Waals surface area contributed by atoms with E-state index in [9.17, 15) is 5.11 Å². The van der Waals surface area contributed by atoms with Gasteiger partial charge in [-0.3, -0.25) is 0 Å². The first-order chi connectivity index (χ1) is 7.24. The average molecular weight is 278 g/mol. The average Bonchev–Trinajstić information content (AvgIpc) is 2.65. The minimum absolute atomic E-state index is 0.0998. The van der Waals surface area contributed by atoms with Crippen molar-refractivity contribution < 1.29 is 9.84 Å². The maximum absolute atomic E-state index is 9.51. The summed E-state index contributed by atoms with van der Waals surface area (Å²) < 4.78 is 5.42. The zero-order valence-electron chi connectivity index (χ0n) is 9.12. The molecule has 2 heterocycles. The number of nitrogens with zero attached hydrogens (tertiary/aromatic N) is 1. The van der Waals surface area contributed by atoms with Crippen molar-refractivity contribution in [3.63, 3.8) is 0 Å². The van der Waals surface area contributed by atoms with Crippen molar-refractivity contribution in [3.8, 4) is 0 Å². The molecule has 0 aliphatic carbocycles. The van der Waals surface area contributed by atoms with E-state index in [-0.39, 0.29) is 6.10 Å². The van der Waals surface area contributed by atoms with Gasteiger partial charge in [-0.1, -0.05) is 15.9 Å². The fraction of sp³-hybridized carbons (Fsp3) is 1.00. The normalized spacial score (nSPS) is 32.0. The van der Waals surface area contributed by atoms with Crippen molar-refractivity contribution in [2.45, 2.75) is 25.4 Å². The molecule has 2 fully saturated rings. The Bertz CT molecular complexity index is 207. The molecule has 2 aliphatic heterocycles. The first-order valence-corrected chi connectivity index (χ1v) is 6.90. The zero-order chi connectivity index (χ0) is 10.7. The molecule has 2 aliphatic rings. The lowest BCUT2D eigenvalue weighted by Gasteiger charge is -2.38. The van der Waals surface area contributed by atoms with Gasteiger partial charge in [0.15, 0.2) is 0 Å². The first-order valence-electron chi connectivity index (χ1n) is 5.78. The SMILES string of the molecule is OC1CCN(CC2(CBr)CCOCC2)C1. The minimum atomic E-state index is -0.0998. The van der Waals surface area contributed by atoms with Gasteiger partial charge in [0, 0.05) is 38.2 Å². The molecule has 4 heteroatoms. The summed E-state index contributed by atoms with van der Waals surface area (Å²) in [5.74, 6) is 0.